The Morgan fingerprint density at radius 2 is 2.05 bits per heavy atom. The molecule has 0 aliphatic heterocycles. The Labute approximate surface area is 113 Å². The van der Waals surface area contributed by atoms with Crippen molar-refractivity contribution in [1.82, 2.24) is 25.2 Å². The number of aryl methyl sites for hydroxylation is 2. The minimum atomic E-state index is 0.0996. The molecule has 0 radical (unpaired) electrons. The third kappa shape index (κ3) is 3.20. The summed E-state index contributed by atoms with van der Waals surface area (Å²) >= 11 is 0. The summed E-state index contributed by atoms with van der Waals surface area (Å²) in [6.45, 7) is 6.07. The van der Waals surface area contributed by atoms with E-state index in [1.54, 1.807) is 0 Å². The first-order valence-corrected chi connectivity index (χ1v) is 6.68. The zero-order chi connectivity index (χ0) is 13.8. The fourth-order valence-corrected chi connectivity index (χ4v) is 2.14. The third-order valence-electron chi connectivity index (χ3n) is 3.20. The summed E-state index contributed by atoms with van der Waals surface area (Å²) < 4.78 is 6.87. The smallest absolute Gasteiger partial charge is 0.223 e. The molecule has 0 saturated heterocycles. The molecule has 0 bridgehead atoms. The second-order valence-electron chi connectivity index (χ2n) is 4.71. The molecule has 0 aliphatic carbocycles. The van der Waals surface area contributed by atoms with Crippen LogP contribution in [0.1, 0.15) is 56.1 Å². The summed E-state index contributed by atoms with van der Waals surface area (Å²) in [4.78, 5) is 4.31. The van der Waals surface area contributed by atoms with Crippen molar-refractivity contribution in [2.24, 2.45) is 7.05 Å². The van der Waals surface area contributed by atoms with E-state index in [4.69, 9.17) is 4.52 Å². The minimum absolute atomic E-state index is 0.0996. The van der Waals surface area contributed by atoms with Gasteiger partial charge in [0.05, 0.1) is 12.2 Å². The summed E-state index contributed by atoms with van der Waals surface area (Å²) in [5, 5.41) is 11.8. The number of aromatic nitrogens is 4. The van der Waals surface area contributed by atoms with E-state index in [0.29, 0.717) is 5.89 Å². The molecule has 0 amide bonds. The fourth-order valence-electron chi connectivity index (χ4n) is 2.14. The van der Waals surface area contributed by atoms with Crippen molar-refractivity contribution in [3.05, 3.63) is 29.7 Å². The Bertz CT molecular complexity index is 472. The van der Waals surface area contributed by atoms with E-state index in [0.717, 1.165) is 18.7 Å². The maximum Gasteiger partial charge on any atom is 0.223 e. The predicted molar refractivity (Wildman–Crippen MR) is 71.4 cm³/mol. The summed E-state index contributed by atoms with van der Waals surface area (Å²) in [5.41, 5.74) is 1.18. The van der Waals surface area contributed by atoms with Crippen molar-refractivity contribution in [1.29, 1.82) is 0 Å². The SMILES string of the molecule is CC[C@H](N[C@H](CC)c1cnn(C)c1)c1noc(C)n1. The molecule has 0 fully saturated rings. The summed E-state index contributed by atoms with van der Waals surface area (Å²) in [6, 6.07) is 0.347. The summed E-state index contributed by atoms with van der Waals surface area (Å²) in [5.74, 6) is 1.33. The molecule has 2 heterocycles. The van der Waals surface area contributed by atoms with Crippen LogP contribution in [0, 0.1) is 6.92 Å². The van der Waals surface area contributed by atoms with Gasteiger partial charge in [0.1, 0.15) is 0 Å². The van der Waals surface area contributed by atoms with Crippen LogP contribution >= 0.6 is 0 Å². The Balaban J connectivity index is 2.12. The third-order valence-corrected chi connectivity index (χ3v) is 3.20. The van der Waals surface area contributed by atoms with E-state index in [1.165, 1.54) is 5.56 Å². The average molecular weight is 263 g/mol. The second-order valence-corrected chi connectivity index (χ2v) is 4.71. The Morgan fingerprint density at radius 3 is 2.53 bits per heavy atom. The first-order valence-electron chi connectivity index (χ1n) is 6.68. The summed E-state index contributed by atoms with van der Waals surface area (Å²) in [7, 11) is 1.93. The molecule has 1 N–H and O–H groups in total. The van der Waals surface area contributed by atoms with Crippen molar-refractivity contribution in [3.8, 4) is 0 Å². The molecule has 19 heavy (non-hydrogen) atoms. The van der Waals surface area contributed by atoms with Crippen molar-refractivity contribution < 1.29 is 4.52 Å². The van der Waals surface area contributed by atoms with Gasteiger partial charge in [0.2, 0.25) is 5.89 Å². The van der Waals surface area contributed by atoms with E-state index in [9.17, 15) is 0 Å². The van der Waals surface area contributed by atoms with Crippen LogP contribution in [0.25, 0.3) is 0 Å². The molecule has 0 saturated carbocycles. The maximum atomic E-state index is 5.05. The van der Waals surface area contributed by atoms with Crippen molar-refractivity contribution in [2.75, 3.05) is 0 Å². The highest BCUT2D eigenvalue weighted by Crippen LogP contribution is 2.22. The van der Waals surface area contributed by atoms with Gasteiger partial charge in [-0.2, -0.15) is 10.1 Å². The lowest BCUT2D eigenvalue weighted by Gasteiger charge is -2.21. The first kappa shape index (κ1) is 13.7. The average Bonchev–Trinajstić information content (AvgIpc) is 3.00. The largest absolute Gasteiger partial charge is 0.340 e. The van der Waals surface area contributed by atoms with Gasteiger partial charge in [-0.15, -0.1) is 0 Å². The number of nitrogens with one attached hydrogen (secondary N) is 1. The highest BCUT2D eigenvalue weighted by atomic mass is 16.5. The van der Waals surface area contributed by atoms with Gasteiger partial charge in [-0.05, 0) is 12.8 Å². The molecule has 0 aromatic carbocycles. The maximum absolute atomic E-state index is 5.05. The van der Waals surface area contributed by atoms with Crippen molar-refractivity contribution in [2.45, 2.75) is 45.7 Å². The molecule has 0 aliphatic rings. The molecule has 2 atom stereocenters. The Kier molecular flexibility index (Phi) is 4.31. The lowest BCUT2D eigenvalue weighted by Crippen LogP contribution is -2.26. The van der Waals surface area contributed by atoms with Gasteiger partial charge in [-0.3, -0.25) is 4.68 Å². The highest BCUT2D eigenvalue weighted by molar-refractivity contribution is 5.11. The molecule has 6 nitrogen and oxygen atoms in total. The molecular formula is C13H21N5O. The zero-order valence-electron chi connectivity index (χ0n) is 11.9. The van der Waals surface area contributed by atoms with Crippen LogP contribution in [0.2, 0.25) is 0 Å². The molecule has 6 heteroatoms. The van der Waals surface area contributed by atoms with Gasteiger partial charge < -0.3 is 9.84 Å². The second kappa shape index (κ2) is 5.97. The van der Waals surface area contributed by atoms with Gasteiger partial charge in [-0.1, -0.05) is 19.0 Å². The number of rotatable bonds is 6. The van der Waals surface area contributed by atoms with Crippen LogP contribution in [-0.2, 0) is 7.05 Å². The normalized spacial score (nSPS) is 14.5. The molecule has 0 unspecified atom stereocenters. The van der Waals surface area contributed by atoms with Crippen LogP contribution < -0.4 is 5.32 Å². The monoisotopic (exact) mass is 263 g/mol. The quantitative estimate of drug-likeness (QED) is 0.866. The van der Waals surface area contributed by atoms with E-state index in [-0.39, 0.29) is 12.1 Å². The van der Waals surface area contributed by atoms with Gasteiger partial charge in [-0.25, -0.2) is 0 Å². The molecule has 2 rings (SSSR count). The fraction of sp³-hybridized carbons (Fsp3) is 0.615. The highest BCUT2D eigenvalue weighted by Gasteiger charge is 2.20. The molecule has 0 spiro atoms. The van der Waals surface area contributed by atoms with Gasteiger partial charge in [0.15, 0.2) is 5.82 Å². The Morgan fingerprint density at radius 1 is 1.32 bits per heavy atom. The van der Waals surface area contributed by atoms with E-state index < -0.39 is 0 Å². The van der Waals surface area contributed by atoms with E-state index in [2.05, 4.69) is 34.4 Å². The topological polar surface area (TPSA) is 68.8 Å². The van der Waals surface area contributed by atoms with Crippen molar-refractivity contribution in [3.63, 3.8) is 0 Å². The van der Waals surface area contributed by atoms with Gasteiger partial charge in [0.25, 0.3) is 0 Å². The van der Waals surface area contributed by atoms with Crippen LogP contribution in [-0.4, -0.2) is 19.9 Å². The van der Waals surface area contributed by atoms with Crippen LogP contribution in [0.5, 0.6) is 0 Å². The van der Waals surface area contributed by atoms with Crippen LogP contribution in [0.4, 0.5) is 0 Å². The zero-order valence-corrected chi connectivity index (χ0v) is 11.9. The number of hydrogen-bond donors (Lipinski definition) is 1. The lowest BCUT2D eigenvalue weighted by molar-refractivity contribution is 0.361. The van der Waals surface area contributed by atoms with Crippen LogP contribution in [0.3, 0.4) is 0 Å². The van der Waals surface area contributed by atoms with Gasteiger partial charge >= 0.3 is 0 Å². The predicted octanol–water partition coefficient (Wildman–Crippen LogP) is 2.30. The lowest BCUT2D eigenvalue weighted by atomic mass is 10.1. The molecule has 104 valence electrons. The van der Waals surface area contributed by atoms with E-state index in [1.807, 2.05) is 31.0 Å². The minimum Gasteiger partial charge on any atom is -0.340 e. The number of hydrogen-bond acceptors (Lipinski definition) is 5. The number of nitrogens with zero attached hydrogens (tertiary/aromatic N) is 4. The molecule has 2 aromatic rings. The molecule has 2 aromatic heterocycles. The standard InChI is InChI=1S/C13H21N5O/c1-5-11(10-7-14-18(4)8-10)16-12(6-2)13-15-9(3)19-17-13/h7-8,11-12,16H,5-6H2,1-4H3/t11-,12+/m1/s1. The first-order chi connectivity index (χ1) is 9.13. The van der Waals surface area contributed by atoms with Crippen LogP contribution in [0.15, 0.2) is 16.9 Å². The molecular weight excluding hydrogens is 242 g/mol. The summed E-state index contributed by atoms with van der Waals surface area (Å²) in [6.07, 6.45) is 5.83. The van der Waals surface area contributed by atoms with Gasteiger partial charge in [0, 0.05) is 31.8 Å². The van der Waals surface area contributed by atoms with Crippen molar-refractivity contribution >= 4 is 0 Å². The van der Waals surface area contributed by atoms with E-state index >= 15 is 0 Å². The Hall–Kier alpha value is -1.69.